The highest BCUT2D eigenvalue weighted by Crippen LogP contribution is 1.99. The van der Waals surface area contributed by atoms with Crippen LogP contribution in [0, 0.1) is 0 Å². The van der Waals surface area contributed by atoms with Crippen LogP contribution in [0.2, 0.25) is 0 Å². The monoisotopic (exact) mass is 225 g/mol. The molecular formula is C11H19N3O2. The number of rotatable bonds is 6. The molecule has 0 N–H and O–H groups in total. The summed E-state index contributed by atoms with van der Waals surface area (Å²) in [5.74, 6) is -0.195. The molecule has 0 unspecified atom stereocenters. The number of carbonyl (C=O) groups is 1. The molecule has 16 heavy (non-hydrogen) atoms. The Balaban J connectivity index is 2.42. The third-order valence-electron chi connectivity index (χ3n) is 2.49. The first-order valence-corrected chi connectivity index (χ1v) is 5.40. The number of imidazole rings is 1. The number of carbonyl (C=O) groups excluding carboxylic acids is 1. The van der Waals surface area contributed by atoms with Crippen LogP contribution in [0.25, 0.3) is 0 Å². The molecule has 5 heteroatoms. The SMILES string of the molecule is COC(=O)CN(CCn1ccnc1)C(C)C. The van der Waals surface area contributed by atoms with Gasteiger partial charge in [0.2, 0.25) is 0 Å². The molecule has 0 aliphatic carbocycles. The zero-order chi connectivity index (χ0) is 12.0. The molecule has 1 aromatic heterocycles. The van der Waals surface area contributed by atoms with Crippen molar-refractivity contribution in [3.8, 4) is 0 Å². The maximum atomic E-state index is 11.2. The Labute approximate surface area is 96.0 Å². The minimum atomic E-state index is -0.195. The van der Waals surface area contributed by atoms with Gasteiger partial charge < -0.3 is 9.30 Å². The van der Waals surface area contributed by atoms with E-state index in [4.69, 9.17) is 0 Å². The van der Waals surface area contributed by atoms with E-state index in [1.54, 1.807) is 12.5 Å². The van der Waals surface area contributed by atoms with Crippen molar-refractivity contribution < 1.29 is 9.53 Å². The van der Waals surface area contributed by atoms with Crippen molar-refractivity contribution in [2.24, 2.45) is 0 Å². The predicted octanol–water partition coefficient (Wildman–Crippen LogP) is 0.766. The smallest absolute Gasteiger partial charge is 0.319 e. The molecule has 0 aliphatic heterocycles. The highest BCUT2D eigenvalue weighted by atomic mass is 16.5. The van der Waals surface area contributed by atoms with E-state index in [2.05, 4.69) is 28.5 Å². The molecule has 5 nitrogen and oxygen atoms in total. The number of hydrogen-bond donors (Lipinski definition) is 0. The number of methoxy groups -OCH3 is 1. The van der Waals surface area contributed by atoms with Crippen molar-refractivity contribution in [2.45, 2.75) is 26.4 Å². The molecule has 1 aromatic rings. The second kappa shape index (κ2) is 6.27. The Morgan fingerprint density at radius 1 is 1.56 bits per heavy atom. The molecule has 1 heterocycles. The fraction of sp³-hybridized carbons (Fsp3) is 0.636. The van der Waals surface area contributed by atoms with Gasteiger partial charge in [-0.1, -0.05) is 0 Å². The van der Waals surface area contributed by atoms with Gasteiger partial charge in [0.05, 0.1) is 20.0 Å². The van der Waals surface area contributed by atoms with Crippen molar-refractivity contribution in [1.82, 2.24) is 14.5 Å². The molecule has 90 valence electrons. The number of nitrogens with zero attached hydrogens (tertiary/aromatic N) is 3. The standard InChI is InChI=1S/C11H19N3O2/c1-10(2)14(8-11(15)16-3)7-6-13-5-4-12-9-13/h4-5,9-10H,6-8H2,1-3H3. The van der Waals surface area contributed by atoms with Crippen LogP contribution in [-0.4, -0.2) is 46.7 Å². The van der Waals surface area contributed by atoms with Crippen molar-refractivity contribution in [3.05, 3.63) is 18.7 Å². The molecule has 1 rings (SSSR count). The minimum absolute atomic E-state index is 0.195. The first-order chi connectivity index (χ1) is 7.63. The van der Waals surface area contributed by atoms with Crippen LogP contribution in [0.3, 0.4) is 0 Å². The van der Waals surface area contributed by atoms with Crippen molar-refractivity contribution in [3.63, 3.8) is 0 Å². The largest absolute Gasteiger partial charge is 0.468 e. The van der Waals surface area contributed by atoms with Gasteiger partial charge in [0, 0.05) is 31.5 Å². The first kappa shape index (κ1) is 12.7. The van der Waals surface area contributed by atoms with Gasteiger partial charge in [0.25, 0.3) is 0 Å². The van der Waals surface area contributed by atoms with E-state index in [9.17, 15) is 4.79 Å². The lowest BCUT2D eigenvalue weighted by Crippen LogP contribution is -2.38. The molecule has 0 saturated heterocycles. The molecule has 0 saturated carbocycles. The third kappa shape index (κ3) is 4.02. The topological polar surface area (TPSA) is 47.4 Å². The van der Waals surface area contributed by atoms with Gasteiger partial charge in [-0.15, -0.1) is 0 Å². The molecule has 0 radical (unpaired) electrons. The summed E-state index contributed by atoms with van der Waals surface area (Å²) in [4.78, 5) is 17.3. The second-order valence-corrected chi connectivity index (χ2v) is 3.94. The molecule has 0 amide bonds. The summed E-state index contributed by atoms with van der Waals surface area (Å²) in [7, 11) is 1.41. The normalized spacial score (nSPS) is 11.1. The van der Waals surface area contributed by atoms with Gasteiger partial charge in [-0.25, -0.2) is 4.98 Å². The van der Waals surface area contributed by atoms with Crippen LogP contribution < -0.4 is 0 Å². The predicted molar refractivity (Wildman–Crippen MR) is 61.0 cm³/mol. The van der Waals surface area contributed by atoms with E-state index in [0.717, 1.165) is 13.1 Å². The Hall–Kier alpha value is -1.36. The Morgan fingerprint density at radius 3 is 2.81 bits per heavy atom. The summed E-state index contributed by atoms with van der Waals surface area (Å²) in [6, 6.07) is 0.322. The lowest BCUT2D eigenvalue weighted by atomic mass is 10.3. The molecule has 0 aliphatic rings. The second-order valence-electron chi connectivity index (χ2n) is 3.94. The van der Waals surface area contributed by atoms with Gasteiger partial charge in [0.15, 0.2) is 0 Å². The van der Waals surface area contributed by atoms with E-state index in [-0.39, 0.29) is 5.97 Å². The van der Waals surface area contributed by atoms with E-state index >= 15 is 0 Å². The van der Waals surface area contributed by atoms with E-state index in [1.807, 2.05) is 10.8 Å². The fourth-order valence-corrected chi connectivity index (χ4v) is 1.41. The van der Waals surface area contributed by atoms with Crippen molar-refractivity contribution in [2.75, 3.05) is 20.2 Å². The maximum absolute atomic E-state index is 11.2. The molecular weight excluding hydrogens is 206 g/mol. The number of hydrogen-bond acceptors (Lipinski definition) is 4. The van der Waals surface area contributed by atoms with E-state index < -0.39 is 0 Å². The van der Waals surface area contributed by atoms with E-state index in [0.29, 0.717) is 12.6 Å². The number of esters is 1. The van der Waals surface area contributed by atoms with Crippen LogP contribution >= 0.6 is 0 Å². The van der Waals surface area contributed by atoms with Crippen LogP contribution in [0.4, 0.5) is 0 Å². The summed E-state index contributed by atoms with van der Waals surface area (Å²) in [6.07, 6.45) is 5.44. The minimum Gasteiger partial charge on any atom is -0.468 e. The summed E-state index contributed by atoms with van der Waals surface area (Å²) in [5, 5.41) is 0. The van der Waals surface area contributed by atoms with Gasteiger partial charge in [-0.2, -0.15) is 0 Å². The molecule has 0 atom stereocenters. The maximum Gasteiger partial charge on any atom is 0.319 e. The average molecular weight is 225 g/mol. The molecule has 0 aromatic carbocycles. The summed E-state index contributed by atoms with van der Waals surface area (Å²) < 4.78 is 6.66. The van der Waals surface area contributed by atoms with Crippen LogP contribution in [0.5, 0.6) is 0 Å². The molecule has 0 bridgehead atoms. The zero-order valence-electron chi connectivity index (χ0n) is 10.1. The summed E-state index contributed by atoms with van der Waals surface area (Å²) >= 11 is 0. The van der Waals surface area contributed by atoms with Crippen molar-refractivity contribution >= 4 is 5.97 Å². The Bertz CT molecular complexity index is 309. The fourth-order valence-electron chi connectivity index (χ4n) is 1.41. The van der Waals surface area contributed by atoms with Gasteiger partial charge in [-0.3, -0.25) is 9.69 Å². The first-order valence-electron chi connectivity index (χ1n) is 5.40. The average Bonchev–Trinajstić information content (AvgIpc) is 2.76. The number of ether oxygens (including phenoxy) is 1. The Kier molecular flexibility index (Phi) is 4.98. The quantitative estimate of drug-likeness (QED) is 0.671. The molecule has 0 fully saturated rings. The highest BCUT2D eigenvalue weighted by Gasteiger charge is 2.13. The summed E-state index contributed by atoms with van der Waals surface area (Å²) in [5.41, 5.74) is 0. The van der Waals surface area contributed by atoms with Crippen LogP contribution in [0.15, 0.2) is 18.7 Å². The zero-order valence-corrected chi connectivity index (χ0v) is 10.1. The Morgan fingerprint density at radius 2 is 2.31 bits per heavy atom. The highest BCUT2D eigenvalue weighted by molar-refractivity contribution is 5.71. The van der Waals surface area contributed by atoms with E-state index in [1.165, 1.54) is 7.11 Å². The van der Waals surface area contributed by atoms with Crippen LogP contribution in [0.1, 0.15) is 13.8 Å². The lowest BCUT2D eigenvalue weighted by Gasteiger charge is -2.25. The van der Waals surface area contributed by atoms with Crippen molar-refractivity contribution in [1.29, 1.82) is 0 Å². The molecule has 0 spiro atoms. The van der Waals surface area contributed by atoms with Crippen LogP contribution in [-0.2, 0) is 16.1 Å². The summed E-state index contributed by atoms with van der Waals surface area (Å²) in [6.45, 7) is 6.11. The van der Waals surface area contributed by atoms with Gasteiger partial charge in [0.1, 0.15) is 0 Å². The number of aromatic nitrogens is 2. The van der Waals surface area contributed by atoms with Gasteiger partial charge in [-0.05, 0) is 13.8 Å². The third-order valence-corrected chi connectivity index (χ3v) is 2.49. The van der Waals surface area contributed by atoms with Gasteiger partial charge >= 0.3 is 5.97 Å². The lowest BCUT2D eigenvalue weighted by molar-refractivity contribution is -0.142.